The van der Waals surface area contributed by atoms with E-state index >= 15 is 0 Å². The molecule has 0 bridgehead atoms. The molecule has 7 heteroatoms. The van der Waals surface area contributed by atoms with Crippen LogP contribution in [0, 0.1) is 0 Å². The molecule has 0 saturated heterocycles. The number of carbonyl (C=O) groups is 1. The highest BCUT2D eigenvalue weighted by Gasteiger charge is 2.20. The molecule has 0 saturated carbocycles. The number of nitrogens with zero attached hydrogens (tertiary/aromatic N) is 1. The van der Waals surface area contributed by atoms with Crippen molar-refractivity contribution in [2.45, 2.75) is 12.6 Å². The SMILES string of the molecule is COc1ncccc1CNC(=O)NCC1COc2ccccc2O1. The number of urea groups is 1. The maximum absolute atomic E-state index is 11.9. The van der Waals surface area contributed by atoms with Gasteiger partial charge in [0.15, 0.2) is 17.6 Å². The zero-order valence-electron chi connectivity index (χ0n) is 13.3. The first-order valence-corrected chi connectivity index (χ1v) is 7.64. The van der Waals surface area contributed by atoms with Gasteiger partial charge in [0.05, 0.1) is 13.7 Å². The molecule has 1 aromatic heterocycles. The maximum Gasteiger partial charge on any atom is 0.315 e. The Morgan fingerprint density at radius 1 is 1.25 bits per heavy atom. The van der Waals surface area contributed by atoms with E-state index in [0.29, 0.717) is 31.3 Å². The average molecular weight is 329 g/mol. The molecular formula is C17H19N3O4. The third-order valence-electron chi connectivity index (χ3n) is 3.54. The molecule has 126 valence electrons. The molecule has 2 heterocycles. The molecule has 2 amide bonds. The van der Waals surface area contributed by atoms with Gasteiger partial charge in [-0.15, -0.1) is 0 Å². The van der Waals surface area contributed by atoms with Gasteiger partial charge in [-0.3, -0.25) is 0 Å². The van der Waals surface area contributed by atoms with Crippen molar-refractivity contribution < 1.29 is 19.0 Å². The molecule has 2 aromatic rings. The van der Waals surface area contributed by atoms with E-state index in [2.05, 4.69) is 15.6 Å². The number of para-hydroxylation sites is 2. The van der Waals surface area contributed by atoms with Gasteiger partial charge < -0.3 is 24.8 Å². The number of hydrogen-bond donors (Lipinski definition) is 2. The predicted molar refractivity (Wildman–Crippen MR) is 87.4 cm³/mol. The van der Waals surface area contributed by atoms with E-state index in [9.17, 15) is 4.79 Å². The summed E-state index contributed by atoms with van der Waals surface area (Å²) in [5.41, 5.74) is 0.807. The molecule has 0 spiro atoms. The fraction of sp³-hybridized carbons (Fsp3) is 0.294. The van der Waals surface area contributed by atoms with Crippen LogP contribution in [-0.2, 0) is 6.54 Å². The molecular weight excluding hydrogens is 310 g/mol. The first-order valence-electron chi connectivity index (χ1n) is 7.64. The fourth-order valence-electron chi connectivity index (χ4n) is 2.35. The van der Waals surface area contributed by atoms with E-state index < -0.39 is 0 Å². The molecule has 7 nitrogen and oxygen atoms in total. The van der Waals surface area contributed by atoms with Crippen molar-refractivity contribution >= 4 is 6.03 Å². The molecule has 0 radical (unpaired) electrons. The van der Waals surface area contributed by atoms with E-state index in [1.54, 1.807) is 19.4 Å². The van der Waals surface area contributed by atoms with Gasteiger partial charge in [-0.05, 0) is 18.2 Å². The Bertz CT molecular complexity index is 708. The highest BCUT2D eigenvalue weighted by atomic mass is 16.6. The zero-order valence-corrected chi connectivity index (χ0v) is 13.3. The number of carbonyl (C=O) groups excluding carboxylic acids is 1. The van der Waals surface area contributed by atoms with Gasteiger partial charge in [-0.25, -0.2) is 9.78 Å². The second-order valence-electron chi connectivity index (χ2n) is 5.23. The number of methoxy groups -OCH3 is 1. The third-order valence-corrected chi connectivity index (χ3v) is 3.54. The van der Waals surface area contributed by atoms with Crippen LogP contribution in [-0.4, -0.2) is 37.4 Å². The Morgan fingerprint density at radius 3 is 2.92 bits per heavy atom. The van der Waals surface area contributed by atoms with E-state index in [1.807, 2.05) is 30.3 Å². The molecule has 1 unspecified atom stereocenters. The number of amides is 2. The molecule has 0 aliphatic carbocycles. The van der Waals surface area contributed by atoms with Gasteiger partial charge >= 0.3 is 6.03 Å². The summed E-state index contributed by atoms with van der Waals surface area (Å²) < 4.78 is 16.5. The Kier molecular flexibility index (Phi) is 5.00. The minimum atomic E-state index is -0.289. The summed E-state index contributed by atoms with van der Waals surface area (Å²) in [5.74, 6) is 1.91. The van der Waals surface area contributed by atoms with Crippen molar-refractivity contribution in [1.82, 2.24) is 15.6 Å². The van der Waals surface area contributed by atoms with Gasteiger partial charge in [0.25, 0.3) is 0 Å². The van der Waals surface area contributed by atoms with Crippen molar-refractivity contribution in [3.8, 4) is 17.4 Å². The van der Waals surface area contributed by atoms with Crippen molar-refractivity contribution in [2.24, 2.45) is 0 Å². The second-order valence-corrected chi connectivity index (χ2v) is 5.23. The lowest BCUT2D eigenvalue weighted by atomic mass is 10.2. The smallest absolute Gasteiger partial charge is 0.315 e. The quantitative estimate of drug-likeness (QED) is 0.873. The third kappa shape index (κ3) is 3.87. The van der Waals surface area contributed by atoms with Gasteiger partial charge in [0.1, 0.15) is 6.61 Å². The number of aromatic nitrogens is 1. The van der Waals surface area contributed by atoms with Crippen LogP contribution in [0.25, 0.3) is 0 Å². The Hall–Kier alpha value is -2.96. The average Bonchev–Trinajstić information content (AvgIpc) is 2.64. The molecule has 2 N–H and O–H groups in total. The number of pyridine rings is 1. The van der Waals surface area contributed by atoms with E-state index in [1.165, 1.54) is 0 Å². The summed E-state index contributed by atoms with van der Waals surface area (Å²) in [6.45, 7) is 1.08. The summed E-state index contributed by atoms with van der Waals surface area (Å²) in [6, 6.07) is 10.8. The van der Waals surface area contributed by atoms with Crippen LogP contribution < -0.4 is 24.8 Å². The van der Waals surface area contributed by atoms with Crippen molar-refractivity contribution in [3.63, 3.8) is 0 Å². The lowest BCUT2D eigenvalue weighted by molar-refractivity contribution is 0.0918. The van der Waals surface area contributed by atoms with Gasteiger partial charge in [-0.1, -0.05) is 18.2 Å². The Morgan fingerprint density at radius 2 is 2.08 bits per heavy atom. The van der Waals surface area contributed by atoms with Crippen LogP contribution in [0.5, 0.6) is 17.4 Å². The normalized spacial score (nSPS) is 15.5. The molecule has 1 aromatic carbocycles. The summed E-state index contributed by atoms with van der Waals surface area (Å²) >= 11 is 0. The topological polar surface area (TPSA) is 81.7 Å². The first-order chi connectivity index (χ1) is 11.8. The summed E-state index contributed by atoms with van der Waals surface area (Å²) in [4.78, 5) is 16.0. The standard InChI is InChI=1S/C17H19N3O4/c1-22-16-12(5-4-8-18-16)9-19-17(21)20-10-13-11-23-14-6-2-3-7-15(14)24-13/h2-8,13H,9-11H2,1H3,(H2,19,20,21). The maximum atomic E-state index is 11.9. The van der Waals surface area contributed by atoms with Crippen LogP contribution in [0.3, 0.4) is 0 Å². The van der Waals surface area contributed by atoms with Crippen LogP contribution in [0.1, 0.15) is 5.56 Å². The number of ether oxygens (including phenoxy) is 3. The van der Waals surface area contributed by atoms with Crippen LogP contribution in [0.4, 0.5) is 4.79 Å². The number of rotatable bonds is 5. The van der Waals surface area contributed by atoms with E-state index in [-0.39, 0.29) is 12.1 Å². The van der Waals surface area contributed by atoms with Crippen LogP contribution in [0.2, 0.25) is 0 Å². The number of fused-ring (bicyclic) bond motifs is 1. The lowest BCUT2D eigenvalue weighted by Gasteiger charge is -2.26. The van der Waals surface area contributed by atoms with Gasteiger partial charge in [0, 0.05) is 18.3 Å². The lowest BCUT2D eigenvalue weighted by Crippen LogP contribution is -2.44. The molecule has 1 atom stereocenters. The Labute approximate surface area is 139 Å². The van der Waals surface area contributed by atoms with Gasteiger partial charge in [-0.2, -0.15) is 0 Å². The minimum Gasteiger partial charge on any atom is -0.486 e. The summed E-state index contributed by atoms with van der Waals surface area (Å²) in [5, 5.41) is 5.54. The first kappa shape index (κ1) is 15.9. The highest BCUT2D eigenvalue weighted by Crippen LogP contribution is 2.30. The minimum absolute atomic E-state index is 0.224. The number of hydrogen-bond acceptors (Lipinski definition) is 5. The summed E-state index contributed by atoms with van der Waals surface area (Å²) in [6.07, 6.45) is 1.42. The van der Waals surface area contributed by atoms with Crippen LogP contribution in [0.15, 0.2) is 42.6 Å². The van der Waals surface area contributed by atoms with Crippen molar-refractivity contribution in [2.75, 3.05) is 20.3 Å². The zero-order chi connectivity index (χ0) is 16.8. The van der Waals surface area contributed by atoms with Crippen molar-refractivity contribution in [1.29, 1.82) is 0 Å². The molecule has 0 fully saturated rings. The molecule has 24 heavy (non-hydrogen) atoms. The monoisotopic (exact) mass is 329 g/mol. The molecule has 3 rings (SSSR count). The van der Waals surface area contributed by atoms with Crippen molar-refractivity contribution in [3.05, 3.63) is 48.2 Å². The molecule has 1 aliphatic rings. The predicted octanol–water partition coefficient (Wildman–Crippen LogP) is 1.73. The van der Waals surface area contributed by atoms with Crippen LogP contribution >= 0.6 is 0 Å². The fourth-order valence-corrected chi connectivity index (χ4v) is 2.35. The summed E-state index contributed by atoms with van der Waals surface area (Å²) in [7, 11) is 1.55. The molecule has 1 aliphatic heterocycles. The van der Waals surface area contributed by atoms with E-state index in [0.717, 1.165) is 11.3 Å². The van der Waals surface area contributed by atoms with Gasteiger partial charge in [0.2, 0.25) is 5.88 Å². The number of benzene rings is 1. The van der Waals surface area contributed by atoms with E-state index in [4.69, 9.17) is 14.2 Å². The highest BCUT2D eigenvalue weighted by molar-refractivity contribution is 5.73. The largest absolute Gasteiger partial charge is 0.486 e. The second kappa shape index (κ2) is 7.54. The Balaban J connectivity index is 1.45. The number of nitrogens with one attached hydrogen (secondary N) is 2.